The van der Waals surface area contributed by atoms with Gasteiger partial charge in [-0.2, -0.15) is 0 Å². The van der Waals surface area contributed by atoms with Gasteiger partial charge in [0.1, 0.15) is 11.4 Å². The van der Waals surface area contributed by atoms with E-state index in [1.165, 1.54) is 16.7 Å². The summed E-state index contributed by atoms with van der Waals surface area (Å²) in [5, 5.41) is 0. The summed E-state index contributed by atoms with van der Waals surface area (Å²) in [5.41, 5.74) is 4.82. The minimum Gasteiger partial charge on any atom is -0.456 e. The Labute approximate surface area is 200 Å². The van der Waals surface area contributed by atoms with Crippen LogP contribution in [0.1, 0.15) is 41.1 Å². The molecule has 1 spiro atoms. The highest BCUT2D eigenvalue weighted by Crippen LogP contribution is 2.39. The van der Waals surface area contributed by atoms with Crippen molar-refractivity contribution in [2.75, 3.05) is 26.2 Å². The monoisotopic (exact) mass is 455 g/mol. The van der Waals surface area contributed by atoms with Crippen LogP contribution in [0.4, 0.5) is 4.39 Å². The zero-order chi connectivity index (χ0) is 23.0. The van der Waals surface area contributed by atoms with Crippen LogP contribution in [0.25, 0.3) is 0 Å². The van der Waals surface area contributed by atoms with Gasteiger partial charge >= 0.3 is 0 Å². The number of halogens is 1. The van der Waals surface area contributed by atoms with E-state index in [2.05, 4.69) is 64.4 Å². The minimum absolute atomic E-state index is 0.0161. The van der Waals surface area contributed by atoms with Crippen molar-refractivity contribution in [1.82, 2.24) is 9.80 Å². The summed E-state index contributed by atoms with van der Waals surface area (Å²) in [4.78, 5) is 9.75. The maximum Gasteiger partial charge on any atom is 0.288 e. The van der Waals surface area contributed by atoms with Crippen molar-refractivity contribution in [3.8, 4) is 0 Å². The fraction of sp³-hybridized carbons (Fsp3) is 0.345. The third-order valence-corrected chi connectivity index (χ3v) is 7.54. The van der Waals surface area contributed by atoms with E-state index in [9.17, 15) is 4.39 Å². The first-order valence-electron chi connectivity index (χ1n) is 12.3. The number of hydrogen-bond donors (Lipinski definition) is 0. The van der Waals surface area contributed by atoms with Crippen LogP contribution in [0, 0.1) is 5.82 Å². The molecule has 3 aromatic carbocycles. The van der Waals surface area contributed by atoms with E-state index in [1.807, 2.05) is 12.1 Å². The number of amidine groups is 1. The van der Waals surface area contributed by atoms with Crippen molar-refractivity contribution in [3.05, 3.63) is 107 Å². The van der Waals surface area contributed by atoms with Crippen molar-refractivity contribution in [2.45, 2.75) is 37.5 Å². The minimum atomic E-state index is -0.213. The zero-order valence-corrected chi connectivity index (χ0v) is 19.4. The second kappa shape index (κ2) is 8.88. The highest BCUT2D eigenvalue weighted by molar-refractivity contribution is 5.78. The highest BCUT2D eigenvalue weighted by Gasteiger charge is 2.44. The predicted octanol–water partition coefficient (Wildman–Crippen LogP) is 5.19. The van der Waals surface area contributed by atoms with Crippen molar-refractivity contribution in [3.63, 3.8) is 0 Å². The molecule has 0 aromatic heterocycles. The zero-order valence-electron chi connectivity index (χ0n) is 19.4. The third-order valence-electron chi connectivity index (χ3n) is 7.54. The molecule has 174 valence electrons. The number of fused-ring (bicyclic) bond motifs is 1. The molecule has 1 unspecified atom stereocenters. The maximum absolute atomic E-state index is 13.7. The average Bonchev–Trinajstić information content (AvgIpc) is 3.29. The van der Waals surface area contributed by atoms with E-state index in [4.69, 9.17) is 9.73 Å². The van der Waals surface area contributed by atoms with Gasteiger partial charge in [0.2, 0.25) is 0 Å². The van der Waals surface area contributed by atoms with Gasteiger partial charge in [0.15, 0.2) is 0 Å². The molecule has 3 aromatic rings. The lowest BCUT2D eigenvalue weighted by molar-refractivity contribution is -0.000348. The summed E-state index contributed by atoms with van der Waals surface area (Å²) in [6, 6.07) is 26.8. The number of aliphatic imine (C=N–C) groups is 1. The molecule has 0 aliphatic carbocycles. The molecule has 0 amide bonds. The van der Waals surface area contributed by atoms with Crippen LogP contribution in [0.3, 0.4) is 0 Å². The van der Waals surface area contributed by atoms with Gasteiger partial charge in [0.05, 0.1) is 12.6 Å². The summed E-state index contributed by atoms with van der Waals surface area (Å²) in [6.07, 6.45) is 2.92. The summed E-state index contributed by atoms with van der Waals surface area (Å²) >= 11 is 0. The number of nitrogens with zero attached hydrogens (tertiary/aromatic N) is 3. The highest BCUT2D eigenvalue weighted by atomic mass is 19.1. The van der Waals surface area contributed by atoms with Gasteiger partial charge in [-0.15, -0.1) is 0 Å². The summed E-state index contributed by atoms with van der Waals surface area (Å²) < 4.78 is 20.4. The fourth-order valence-corrected chi connectivity index (χ4v) is 5.62. The number of likely N-dealkylation sites (tertiary alicyclic amines) is 1. The standard InChI is InChI=1S/C29H30FN3O/c30-25-12-10-24(11-13-25)27-26-9-5-4-8-23(26)14-17-33(27)28-31-21-29(34-28)15-18-32(19-16-29)20-22-6-2-1-3-7-22/h1-13,27H,14-21H2. The maximum atomic E-state index is 13.7. The Morgan fingerprint density at radius 2 is 1.62 bits per heavy atom. The van der Waals surface area contributed by atoms with Gasteiger partial charge < -0.3 is 9.64 Å². The topological polar surface area (TPSA) is 28.1 Å². The molecule has 0 radical (unpaired) electrons. The molecule has 4 nitrogen and oxygen atoms in total. The smallest absolute Gasteiger partial charge is 0.288 e. The molecule has 3 aliphatic heterocycles. The Hall–Kier alpha value is -3.18. The lowest BCUT2D eigenvalue weighted by atomic mass is 9.88. The van der Waals surface area contributed by atoms with E-state index in [1.54, 1.807) is 12.1 Å². The first-order valence-corrected chi connectivity index (χ1v) is 12.3. The van der Waals surface area contributed by atoms with E-state index in [-0.39, 0.29) is 17.5 Å². The number of ether oxygens (including phenoxy) is 1. The van der Waals surface area contributed by atoms with Crippen LogP contribution in [-0.4, -0.2) is 47.6 Å². The van der Waals surface area contributed by atoms with Crippen LogP contribution in [0.15, 0.2) is 83.9 Å². The van der Waals surface area contributed by atoms with Crippen molar-refractivity contribution < 1.29 is 9.13 Å². The Bertz CT molecular complexity index is 1170. The molecule has 0 N–H and O–H groups in total. The molecule has 0 bridgehead atoms. The molecule has 1 atom stereocenters. The Kier molecular flexibility index (Phi) is 5.58. The summed E-state index contributed by atoms with van der Waals surface area (Å²) in [7, 11) is 0. The van der Waals surface area contributed by atoms with Crippen molar-refractivity contribution >= 4 is 6.02 Å². The number of piperidine rings is 1. The van der Waals surface area contributed by atoms with Crippen LogP contribution < -0.4 is 0 Å². The molecule has 3 aliphatic rings. The third kappa shape index (κ3) is 4.09. The molecular weight excluding hydrogens is 425 g/mol. The van der Waals surface area contributed by atoms with Crippen molar-refractivity contribution in [1.29, 1.82) is 0 Å². The molecule has 6 rings (SSSR count). The van der Waals surface area contributed by atoms with Gasteiger partial charge in [-0.25, -0.2) is 9.38 Å². The molecule has 5 heteroatoms. The lowest BCUT2D eigenvalue weighted by Gasteiger charge is -2.41. The number of rotatable bonds is 3. The van der Waals surface area contributed by atoms with Crippen LogP contribution >= 0.6 is 0 Å². The second-order valence-corrected chi connectivity index (χ2v) is 9.74. The summed E-state index contributed by atoms with van der Waals surface area (Å²) in [5.74, 6) is -0.213. The molecule has 34 heavy (non-hydrogen) atoms. The fourth-order valence-electron chi connectivity index (χ4n) is 5.62. The lowest BCUT2D eigenvalue weighted by Crippen LogP contribution is -2.48. The first-order chi connectivity index (χ1) is 16.7. The van der Waals surface area contributed by atoms with Gasteiger partial charge in [-0.3, -0.25) is 4.90 Å². The molecular formula is C29H30FN3O. The number of hydrogen-bond acceptors (Lipinski definition) is 4. The van der Waals surface area contributed by atoms with Gasteiger partial charge in [0.25, 0.3) is 6.02 Å². The van der Waals surface area contributed by atoms with E-state index in [0.29, 0.717) is 0 Å². The summed E-state index contributed by atoms with van der Waals surface area (Å²) in [6.45, 7) is 4.58. The second-order valence-electron chi connectivity index (χ2n) is 9.74. The molecule has 0 saturated carbocycles. The van der Waals surface area contributed by atoms with Crippen LogP contribution in [0.2, 0.25) is 0 Å². The molecule has 1 saturated heterocycles. The molecule has 3 heterocycles. The molecule has 1 fully saturated rings. The number of benzene rings is 3. The predicted molar refractivity (Wildman–Crippen MR) is 132 cm³/mol. The van der Waals surface area contributed by atoms with Crippen LogP contribution in [0.5, 0.6) is 0 Å². The Morgan fingerprint density at radius 3 is 2.41 bits per heavy atom. The quantitative estimate of drug-likeness (QED) is 0.544. The Morgan fingerprint density at radius 1 is 0.882 bits per heavy atom. The van der Waals surface area contributed by atoms with E-state index >= 15 is 0 Å². The average molecular weight is 456 g/mol. The first kappa shape index (κ1) is 21.4. The largest absolute Gasteiger partial charge is 0.456 e. The normalized spacial score (nSPS) is 21.7. The van der Waals surface area contributed by atoms with Crippen molar-refractivity contribution in [2.24, 2.45) is 4.99 Å². The van der Waals surface area contributed by atoms with Gasteiger partial charge in [0, 0.05) is 39.0 Å². The van der Waals surface area contributed by atoms with Gasteiger partial charge in [-0.05, 0) is 40.8 Å². The Balaban J connectivity index is 1.19. The van der Waals surface area contributed by atoms with E-state index in [0.717, 1.165) is 63.6 Å². The van der Waals surface area contributed by atoms with Gasteiger partial charge in [-0.1, -0.05) is 66.7 Å². The van der Waals surface area contributed by atoms with E-state index < -0.39 is 0 Å². The van der Waals surface area contributed by atoms with Crippen LogP contribution in [-0.2, 0) is 17.7 Å². The SMILES string of the molecule is Fc1ccc(C2c3ccccc3CCN2C2=NCC3(CCN(Cc4ccccc4)CC3)O2)cc1.